The number of aryl methyl sites for hydroxylation is 1. The highest BCUT2D eigenvalue weighted by Gasteiger charge is 2.27. The van der Waals surface area contributed by atoms with E-state index < -0.39 is 10.0 Å². The van der Waals surface area contributed by atoms with Crippen molar-refractivity contribution in [3.8, 4) is 12.3 Å². The maximum atomic E-state index is 12.5. The number of nitrogens with one attached hydrogen (secondary N) is 1. The molecule has 0 radical (unpaired) electrons. The molecule has 1 aromatic rings. The van der Waals surface area contributed by atoms with Gasteiger partial charge in [-0.1, -0.05) is 37.0 Å². The van der Waals surface area contributed by atoms with Gasteiger partial charge in [0.25, 0.3) is 0 Å². The van der Waals surface area contributed by atoms with E-state index in [0.717, 1.165) is 31.2 Å². The smallest absolute Gasteiger partial charge is 0.207 e. The molecule has 1 atom stereocenters. The SMILES string of the molecule is C#CC[C@H](NS(=O)(=O)c1ccc(C)cc1)C1CCCCC1. The van der Waals surface area contributed by atoms with Gasteiger partial charge in [0.05, 0.1) is 4.90 Å². The van der Waals surface area contributed by atoms with Gasteiger partial charge < -0.3 is 0 Å². The van der Waals surface area contributed by atoms with Crippen molar-refractivity contribution in [3.05, 3.63) is 29.8 Å². The van der Waals surface area contributed by atoms with E-state index in [0.29, 0.717) is 17.2 Å². The predicted octanol–water partition coefficient (Wildman–Crippen LogP) is 3.25. The third-order valence-corrected chi connectivity index (χ3v) is 5.70. The van der Waals surface area contributed by atoms with E-state index in [-0.39, 0.29) is 6.04 Å². The summed E-state index contributed by atoms with van der Waals surface area (Å²) in [5.74, 6) is 2.98. The molecular formula is C17H23NO2S. The summed E-state index contributed by atoms with van der Waals surface area (Å²) >= 11 is 0. The van der Waals surface area contributed by atoms with Crippen LogP contribution in [0.5, 0.6) is 0 Å². The normalized spacial score (nSPS) is 18.1. The minimum absolute atomic E-state index is 0.151. The van der Waals surface area contributed by atoms with Crippen LogP contribution in [0.1, 0.15) is 44.1 Å². The van der Waals surface area contributed by atoms with Gasteiger partial charge >= 0.3 is 0 Å². The second kappa shape index (κ2) is 7.11. The lowest BCUT2D eigenvalue weighted by Gasteiger charge is -2.29. The second-order valence-electron chi connectivity index (χ2n) is 5.85. The third-order valence-electron chi connectivity index (χ3n) is 4.19. The number of sulfonamides is 1. The van der Waals surface area contributed by atoms with Gasteiger partial charge in [-0.05, 0) is 37.8 Å². The summed E-state index contributed by atoms with van der Waals surface area (Å²) in [7, 11) is -3.49. The molecule has 4 heteroatoms. The first kappa shape index (κ1) is 16.1. The molecule has 114 valence electrons. The van der Waals surface area contributed by atoms with Gasteiger partial charge in [0.1, 0.15) is 0 Å². The topological polar surface area (TPSA) is 46.2 Å². The quantitative estimate of drug-likeness (QED) is 0.849. The summed E-state index contributed by atoms with van der Waals surface area (Å²) in [5, 5.41) is 0. The number of terminal acetylenes is 1. The lowest BCUT2D eigenvalue weighted by Crippen LogP contribution is -2.40. The lowest BCUT2D eigenvalue weighted by molar-refractivity contribution is 0.293. The molecule has 2 rings (SSSR count). The van der Waals surface area contributed by atoms with E-state index in [4.69, 9.17) is 6.42 Å². The fourth-order valence-corrected chi connectivity index (χ4v) is 4.26. The Balaban J connectivity index is 2.14. The van der Waals surface area contributed by atoms with Crippen LogP contribution in [0.15, 0.2) is 29.2 Å². The van der Waals surface area contributed by atoms with E-state index in [1.807, 2.05) is 19.1 Å². The molecule has 0 heterocycles. The Morgan fingerprint density at radius 2 is 1.86 bits per heavy atom. The average Bonchev–Trinajstić information content (AvgIpc) is 2.48. The number of benzene rings is 1. The van der Waals surface area contributed by atoms with E-state index in [1.165, 1.54) is 6.42 Å². The van der Waals surface area contributed by atoms with Crippen molar-refractivity contribution in [2.75, 3.05) is 0 Å². The first-order valence-corrected chi connectivity index (χ1v) is 9.04. The fourth-order valence-electron chi connectivity index (χ4n) is 2.95. The molecule has 0 spiro atoms. The summed E-state index contributed by atoms with van der Waals surface area (Å²) in [5.41, 5.74) is 1.04. The Morgan fingerprint density at radius 3 is 2.43 bits per heavy atom. The summed E-state index contributed by atoms with van der Waals surface area (Å²) in [6.07, 6.45) is 11.6. The summed E-state index contributed by atoms with van der Waals surface area (Å²) in [6.45, 7) is 1.94. The first-order chi connectivity index (χ1) is 10.0. The van der Waals surface area contributed by atoms with Crippen LogP contribution in [0.25, 0.3) is 0 Å². The van der Waals surface area contributed by atoms with Crippen LogP contribution in [0.3, 0.4) is 0 Å². The minimum atomic E-state index is -3.49. The van der Waals surface area contributed by atoms with Crippen LogP contribution in [0.2, 0.25) is 0 Å². The Morgan fingerprint density at radius 1 is 1.24 bits per heavy atom. The molecule has 1 fully saturated rings. The van der Waals surface area contributed by atoms with Crippen LogP contribution in [0, 0.1) is 25.2 Å². The van der Waals surface area contributed by atoms with Crippen LogP contribution >= 0.6 is 0 Å². The highest BCUT2D eigenvalue weighted by atomic mass is 32.2. The van der Waals surface area contributed by atoms with Crippen LogP contribution in [0.4, 0.5) is 0 Å². The third kappa shape index (κ3) is 4.33. The largest absolute Gasteiger partial charge is 0.240 e. The van der Waals surface area contributed by atoms with E-state index >= 15 is 0 Å². The number of hydrogen-bond donors (Lipinski definition) is 1. The Labute approximate surface area is 128 Å². The van der Waals surface area contributed by atoms with Crippen LogP contribution in [-0.2, 0) is 10.0 Å². The zero-order valence-corrected chi connectivity index (χ0v) is 13.3. The van der Waals surface area contributed by atoms with E-state index in [1.54, 1.807) is 12.1 Å². The van der Waals surface area contributed by atoms with Crippen molar-refractivity contribution in [1.82, 2.24) is 4.72 Å². The fraction of sp³-hybridized carbons (Fsp3) is 0.529. The van der Waals surface area contributed by atoms with Gasteiger partial charge in [-0.3, -0.25) is 0 Å². The van der Waals surface area contributed by atoms with Crippen molar-refractivity contribution in [3.63, 3.8) is 0 Å². The van der Waals surface area contributed by atoms with Crippen molar-refractivity contribution < 1.29 is 8.42 Å². The van der Waals surface area contributed by atoms with Gasteiger partial charge in [0.15, 0.2) is 0 Å². The first-order valence-electron chi connectivity index (χ1n) is 7.55. The highest BCUT2D eigenvalue weighted by Crippen LogP contribution is 2.28. The van der Waals surface area contributed by atoms with Gasteiger partial charge in [0.2, 0.25) is 10.0 Å². The molecule has 1 aromatic carbocycles. The van der Waals surface area contributed by atoms with Crippen LogP contribution in [-0.4, -0.2) is 14.5 Å². The molecule has 0 bridgehead atoms. The van der Waals surface area contributed by atoms with Crippen molar-refractivity contribution in [2.24, 2.45) is 5.92 Å². The average molecular weight is 305 g/mol. The molecular weight excluding hydrogens is 282 g/mol. The zero-order valence-electron chi connectivity index (χ0n) is 12.5. The summed E-state index contributed by atoms with van der Waals surface area (Å²) in [6, 6.07) is 6.76. The lowest BCUT2D eigenvalue weighted by atomic mass is 9.83. The Kier molecular flexibility index (Phi) is 5.44. The molecule has 0 aromatic heterocycles. The molecule has 1 saturated carbocycles. The zero-order chi connectivity index (χ0) is 15.3. The molecule has 1 aliphatic rings. The highest BCUT2D eigenvalue weighted by molar-refractivity contribution is 7.89. The summed E-state index contributed by atoms with van der Waals surface area (Å²) in [4.78, 5) is 0.311. The Bertz CT molecular complexity index is 593. The van der Waals surface area contributed by atoms with Crippen molar-refractivity contribution in [1.29, 1.82) is 0 Å². The second-order valence-corrected chi connectivity index (χ2v) is 7.56. The number of rotatable bonds is 5. The molecule has 21 heavy (non-hydrogen) atoms. The molecule has 0 amide bonds. The molecule has 0 unspecified atom stereocenters. The molecule has 1 aliphatic carbocycles. The van der Waals surface area contributed by atoms with Crippen molar-refractivity contribution >= 4 is 10.0 Å². The predicted molar refractivity (Wildman–Crippen MR) is 85.3 cm³/mol. The van der Waals surface area contributed by atoms with Crippen LogP contribution < -0.4 is 4.72 Å². The molecule has 3 nitrogen and oxygen atoms in total. The monoisotopic (exact) mass is 305 g/mol. The maximum absolute atomic E-state index is 12.5. The summed E-state index contributed by atoms with van der Waals surface area (Å²) < 4.78 is 27.8. The van der Waals surface area contributed by atoms with E-state index in [9.17, 15) is 8.42 Å². The minimum Gasteiger partial charge on any atom is -0.207 e. The molecule has 0 saturated heterocycles. The van der Waals surface area contributed by atoms with Gasteiger partial charge in [-0.2, -0.15) is 0 Å². The maximum Gasteiger partial charge on any atom is 0.240 e. The standard InChI is InChI=1S/C17H23NO2S/c1-3-7-17(15-8-5-4-6-9-15)18-21(19,20)16-12-10-14(2)11-13-16/h1,10-13,15,17-18H,4-9H2,2H3/t17-/m0/s1. The van der Waals surface area contributed by atoms with Gasteiger partial charge in [-0.15, -0.1) is 12.3 Å². The number of hydrogen-bond acceptors (Lipinski definition) is 2. The van der Waals surface area contributed by atoms with Gasteiger partial charge in [-0.25, -0.2) is 13.1 Å². The van der Waals surface area contributed by atoms with E-state index in [2.05, 4.69) is 10.6 Å². The molecule has 1 N–H and O–H groups in total. The van der Waals surface area contributed by atoms with Crippen molar-refractivity contribution in [2.45, 2.75) is 56.4 Å². The van der Waals surface area contributed by atoms with Gasteiger partial charge in [0, 0.05) is 12.5 Å². The molecule has 0 aliphatic heterocycles. The Hall–Kier alpha value is -1.31.